The zero-order valence-electron chi connectivity index (χ0n) is 9.82. The first-order valence-corrected chi connectivity index (χ1v) is 6.06. The van der Waals surface area contributed by atoms with Crippen LogP contribution in [-0.4, -0.2) is 22.7 Å². The van der Waals surface area contributed by atoms with E-state index in [1.807, 2.05) is 19.2 Å². The number of nitrogens with one attached hydrogen (secondary N) is 1. The Morgan fingerprint density at radius 2 is 2.38 bits per heavy atom. The van der Waals surface area contributed by atoms with E-state index in [9.17, 15) is 5.11 Å². The average Bonchev–Trinajstić information content (AvgIpc) is 2.75. The number of aromatic nitrogens is 1. The molecule has 1 aliphatic rings. The standard InChI is InChI=1S/C13H20N2O/c1-10-11(5-3-7-14-10)8-15-13-6-2-4-12(13)9-16/h3,5,7,12-13,15-16H,2,4,6,8-9H2,1H3. The molecule has 0 bridgehead atoms. The molecule has 1 aromatic rings. The van der Waals surface area contributed by atoms with Crippen molar-refractivity contribution in [2.75, 3.05) is 6.61 Å². The fourth-order valence-electron chi connectivity index (χ4n) is 2.47. The summed E-state index contributed by atoms with van der Waals surface area (Å²) in [6.07, 6.45) is 5.39. The van der Waals surface area contributed by atoms with Crippen molar-refractivity contribution in [3.8, 4) is 0 Å². The van der Waals surface area contributed by atoms with Gasteiger partial charge < -0.3 is 10.4 Å². The zero-order valence-corrected chi connectivity index (χ0v) is 9.82. The van der Waals surface area contributed by atoms with E-state index in [0.29, 0.717) is 18.6 Å². The minimum absolute atomic E-state index is 0.309. The molecule has 2 N–H and O–H groups in total. The molecule has 2 atom stereocenters. The molecule has 1 saturated carbocycles. The van der Waals surface area contributed by atoms with Gasteiger partial charge in [-0.25, -0.2) is 0 Å². The summed E-state index contributed by atoms with van der Waals surface area (Å²) in [6, 6.07) is 4.56. The number of pyridine rings is 1. The van der Waals surface area contributed by atoms with Gasteiger partial charge in [0.2, 0.25) is 0 Å². The van der Waals surface area contributed by atoms with Crippen molar-refractivity contribution in [1.29, 1.82) is 0 Å². The molecular formula is C13H20N2O. The molecule has 3 nitrogen and oxygen atoms in total. The minimum atomic E-state index is 0.309. The highest BCUT2D eigenvalue weighted by Gasteiger charge is 2.25. The first-order chi connectivity index (χ1) is 7.81. The molecule has 2 rings (SSSR count). The summed E-state index contributed by atoms with van der Waals surface area (Å²) in [7, 11) is 0. The lowest BCUT2D eigenvalue weighted by atomic mass is 10.0. The van der Waals surface area contributed by atoms with Gasteiger partial charge in [0.15, 0.2) is 0 Å². The highest BCUT2D eigenvalue weighted by molar-refractivity contribution is 5.18. The Balaban J connectivity index is 1.90. The van der Waals surface area contributed by atoms with Crippen molar-refractivity contribution >= 4 is 0 Å². The SMILES string of the molecule is Cc1ncccc1CNC1CCCC1CO. The van der Waals surface area contributed by atoms with Crippen molar-refractivity contribution in [3.63, 3.8) is 0 Å². The monoisotopic (exact) mass is 220 g/mol. The molecule has 0 amide bonds. The fourth-order valence-corrected chi connectivity index (χ4v) is 2.47. The number of hydrogen-bond donors (Lipinski definition) is 2. The van der Waals surface area contributed by atoms with Gasteiger partial charge >= 0.3 is 0 Å². The number of aliphatic hydroxyl groups is 1. The molecule has 16 heavy (non-hydrogen) atoms. The summed E-state index contributed by atoms with van der Waals surface area (Å²) in [4.78, 5) is 4.27. The van der Waals surface area contributed by atoms with E-state index in [1.165, 1.54) is 18.4 Å². The summed E-state index contributed by atoms with van der Waals surface area (Å²) >= 11 is 0. The predicted octanol–water partition coefficient (Wildman–Crippen LogP) is 1.64. The van der Waals surface area contributed by atoms with Gasteiger partial charge in [0.25, 0.3) is 0 Å². The number of hydrogen-bond acceptors (Lipinski definition) is 3. The van der Waals surface area contributed by atoms with Gasteiger partial charge in [-0.05, 0) is 37.3 Å². The molecule has 0 spiro atoms. The highest BCUT2D eigenvalue weighted by Crippen LogP contribution is 2.25. The third kappa shape index (κ3) is 2.60. The molecule has 0 aromatic carbocycles. The Labute approximate surface area is 96.9 Å². The molecule has 1 aromatic heterocycles. The number of aryl methyl sites for hydroxylation is 1. The van der Waals surface area contributed by atoms with Gasteiger partial charge in [0.05, 0.1) is 0 Å². The van der Waals surface area contributed by atoms with Crippen LogP contribution in [0.3, 0.4) is 0 Å². The molecule has 0 radical (unpaired) electrons. The third-order valence-corrected chi connectivity index (χ3v) is 3.56. The van der Waals surface area contributed by atoms with E-state index in [0.717, 1.165) is 18.7 Å². The van der Waals surface area contributed by atoms with E-state index in [4.69, 9.17) is 0 Å². The topological polar surface area (TPSA) is 45.2 Å². The van der Waals surface area contributed by atoms with Gasteiger partial charge in [-0.1, -0.05) is 12.5 Å². The molecule has 3 heteroatoms. The summed E-state index contributed by atoms with van der Waals surface area (Å²) in [5, 5.41) is 12.8. The van der Waals surface area contributed by atoms with E-state index in [-0.39, 0.29) is 0 Å². The molecule has 2 unspecified atom stereocenters. The van der Waals surface area contributed by atoms with Crippen LogP contribution < -0.4 is 5.32 Å². The molecule has 88 valence electrons. The molecule has 0 aliphatic heterocycles. The number of nitrogens with zero attached hydrogens (tertiary/aromatic N) is 1. The fraction of sp³-hybridized carbons (Fsp3) is 0.615. The maximum atomic E-state index is 9.24. The molecular weight excluding hydrogens is 200 g/mol. The van der Waals surface area contributed by atoms with Crippen LogP contribution in [0.15, 0.2) is 18.3 Å². The van der Waals surface area contributed by atoms with E-state index >= 15 is 0 Å². The van der Waals surface area contributed by atoms with Crippen LogP contribution in [0.4, 0.5) is 0 Å². The van der Waals surface area contributed by atoms with E-state index in [1.54, 1.807) is 0 Å². The predicted molar refractivity (Wildman–Crippen MR) is 64.0 cm³/mol. The Bertz CT molecular complexity index is 340. The van der Waals surface area contributed by atoms with Crippen LogP contribution in [0.25, 0.3) is 0 Å². The van der Waals surface area contributed by atoms with Crippen molar-refractivity contribution in [3.05, 3.63) is 29.6 Å². The summed E-state index contributed by atoms with van der Waals surface area (Å²) < 4.78 is 0. The van der Waals surface area contributed by atoms with Gasteiger partial charge in [-0.2, -0.15) is 0 Å². The second kappa shape index (κ2) is 5.41. The first-order valence-electron chi connectivity index (χ1n) is 6.06. The van der Waals surface area contributed by atoms with Gasteiger partial charge in [-0.3, -0.25) is 4.98 Å². The van der Waals surface area contributed by atoms with Crippen LogP contribution in [0.1, 0.15) is 30.5 Å². The van der Waals surface area contributed by atoms with Gasteiger partial charge in [-0.15, -0.1) is 0 Å². The second-order valence-corrected chi connectivity index (χ2v) is 4.61. The maximum absolute atomic E-state index is 9.24. The van der Waals surface area contributed by atoms with Crippen molar-refractivity contribution in [2.24, 2.45) is 5.92 Å². The van der Waals surface area contributed by atoms with Crippen molar-refractivity contribution in [1.82, 2.24) is 10.3 Å². The normalized spacial score (nSPS) is 24.9. The summed E-state index contributed by atoms with van der Waals surface area (Å²) in [5.41, 5.74) is 2.35. The van der Waals surface area contributed by atoms with E-state index in [2.05, 4.69) is 16.4 Å². The Morgan fingerprint density at radius 3 is 3.12 bits per heavy atom. The lowest BCUT2D eigenvalue weighted by Gasteiger charge is -2.19. The molecule has 1 aliphatic carbocycles. The molecule has 0 saturated heterocycles. The van der Waals surface area contributed by atoms with Gasteiger partial charge in [0, 0.05) is 31.1 Å². The van der Waals surface area contributed by atoms with Gasteiger partial charge in [0.1, 0.15) is 0 Å². The first kappa shape index (κ1) is 11.6. The molecule has 1 fully saturated rings. The lowest BCUT2D eigenvalue weighted by molar-refractivity contribution is 0.205. The average molecular weight is 220 g/mol. The van der Waals surface area contributed by atoms with Crippen LogP contribution >= 0.6 is 0 Å². The quantitative estimate of drug-likeness (QED) is 0.811. The Kier molecular flexibility index (Phi) is 3.91. The van der Waals surface area contributed by atoms with Crippen LogP contribution in [0.2, 0.25) is 0 Å². The van der Waals surface area contributed by atoms with E-state index < -0.39 is 0 Å². The number of rotatable bonds is 4. The molecule has 1 heterocycles. The largest absolute Gasteiger partial charge is 0.396 e. The number of aliphatic hydroxyl groups excluding tert-OH is 1. The van der Waals surface area contributed by atoms with Crippen molar-refractivity contribution in [2.45, 2.75) is 38.8 Å². The smallest absolute Gasteiger partial charge is 0.0474 e. The third-order valence-electron chi connectivity index (χ3n) is 3.56. The zero-order chi connectivity index (χ0) is 11.4. The lowest BCUT2D eigenvalue weighted by Crippen LogP contribution is -2.33. The summed E-state index contributed by atoms with van der Waals surface area (Å²) in [6.45, 7) is 3.21. The second-order valence-electron chi connectivity index (χ2n) is 4.61. The minimum Gasteiger partial charge on any atom is -0.396 e. The van der Waals surface area contributed by atoms with Crippen molar-refractivity contribution < 1.29 is 5.11 Å². The summed E-state index contributed by atoms with van der Waals surface area (Å²) in [5.74, 6) is 0.442. The van der Waals surface area contributed by atoms with Crippen LogP contribution in [0, 0.1) is 12.8 Å². The Morgan fingerprint density at radius 1 is 1.50 bits per heavy atom. The maximum Gasteiger partial charge on any atom is 0.0474 e. The Hall–Kier alpha value is -0.930. The van der Waals surface area contributed by atoms with Crippen LogP contribution in [0.5, 0.6) is 0 Å². The van der Waals surface area contributed by atoms with Crippen LogP contribution in [-0.2, 0) is 6.54 Å². The highest BCUT2D eigenvalue weighted by atomic mass is 16.3.